The Kier molecular flexibility index (Phi) is 6.02. The topological polar surface area (TPSA) is 75.6 Å². The molecule has 0 spiro atoms. The molecule has 2 N–H and O–H groups in total. The molecule has 0 aliphatic rings. The SMILES string of the molecule is CCc1ccc(C(C)NC(=O)COCC(=O)O)cc1. The zero-order valence-electron chi connectivity index (χ0n) is 11.2. The largest absolute Gasteiger partial charge is 0.480 e. The van der Waals surface area contributed by atoms with Crippen LogP contribution in [0.5, 0.6) is 0 Å². The molecule has 0 radical (unpaired) electrons. The molecule has 0 saturated carbocycles. The predicted molar refractivity (Wildman–Crippen MR) is 70.8 cm³/mol. The van der Waals surface area contributed by atoms with E-state index in [1.807, 2.05) is 31.2 Å². The van der Waals surface area contributed by atoms with E-state index in [4.69, 9.17) is 9.84 Å². The van der Waals surface area contributed by atoms with E-state index in [1.165, 1.54) is 5.56 Å². The summed E-state index contributed by atoms with van der Waals surface area (Å²) in [7, 11) is 0. The second kappa shape index (κ2) is 7.53. The van der Waals surface area contributed by atoms with Gasteiger partial charge in [0, 0.05) is 0 Å². The lowest BCUT2D eigenvalue weighted by molar-refractivity contribution is -0.143. The Morgan fingerprint density at radius 1 is 1.26 bits per heavy atom. The van der Waals surface area contributed by atoms with E-state index < -0.39 is 12.6 Å². The molecule has 5 nitrogen and oxygen atoms in total. The van der Waals surface area contributed by atoms with Crippen molar-refractivity contribution in [1.82, 2.24) is 5.32 Å². The van der Waals surface area contributed by atoms with Crippen LogP contribution in [0.25, 0.3) is 0 Å². The van der Waals surface area contributed by atoms with E-state index in [9.17, 15) is 9.59 Å². The molecule has 1 aromatic rings. The lowest BCUT2D eigenvalue weighted by Gasteiger charge is -2.14. The first-order chi connectivity index (χ1) is 9.02. The predicted octanol–water partition coefficient (Wildman–Crippen LogP) is 1.53. The molecule has 0 aliphatic carbocycles. The summed E-state index contributed by atoms with van der Waals surface area (Å²) in [6.45, 7) is 3.24. The van der Waals surface area contributed by atoms with Crippen LogP contribution in [0.2, 0.25) is 0 Å². The molecule has 1 unspecified atom stereocenters. The van der Waals surface area contributed by atoms with Crippen LogP contribution >= 0.6 is 0 Å². The Morgan fingerprint density at radius 2 is 1.89 bits per heavy atom. The fourth-order valence-corrected chi connectivity index (χ4v) is 1.64. The fraction of sp³-hybridized carbons (Fsp3) is 0.429. The molecule has 0 fully saturated rings. The highest BCUT2D eigenvalue weighted by Crippen LogP contribution is 2.13. The number of benzene rings is 1. The van der Waals surface area contributed by atoms with Crippen LogP contribution in [0, 0.1) is 0 Å². The number of carbonyl (C=O) groups is 2. The number of nitrogens with one attached hydrogen (secondary N) is 1. The first-order valence-electron chi connectivity index (χ1n) is 6.20. The van der Waals surface area contributed by atoms with Crippen LogP contribution in [0.3, 0.4) is 0 Å². The van der Waals surface area contributed by atoms with Crippen molar-refractivity contribution in [2.75, 3.05) is 13.2 Å². The number of carbonyl (C=O) groups excluding carboxylic acids is 1. The molecular weight excluding hydrogens is 246 g/mol. The maximum absolute atomic E-state index is 11.5. The van der Waals surface area contributed by atoms with Crippen molar-refractivity contribution in [2.24, 2.45) is 0 Å². The van der Waals surface area contributed by atoms with E-state index in [0.717, 1.165) is 12.0 Å². The molecule has 104 valence electrons. The molecule has 1 aromatic carbocycles. The van der Waals surface area contributed by atoms with Gasteiger partial charge in [0.05, 0.1) is 6.04 Å². The maximum atomic E-state index is 11.5. The van der Waals surface area contributed by atoms with E-state index in [0.29, 0.717) is 0 Å². The Morgan fingerprint density at radius 3 is 2.42 bits per heavy atom. The van der Waals surface area contributed by atoms with Gasteiger partial charge in [-0.3, -0.25) is 4.79 Å². The number of amides is 1. The summed E-state index contributed by atoms with van der Waals surface area (Å²) in [5.74, 6) is -1.41. The maximum Gasteiger partial charge on any atom is 0.329 e. The van der Waals surface area contributed by atoms with Gasteiger partial charge < -0.3 is 15.2 Å². The van der Waals surface area contributed by atoms with Crippen LogP contribution < -0.4 is 5.32 Å². The molecule has 0 aliphatic heterocycles. The summed E-state index contributed by atoms with van der Waals surface area (Å²) in [6, 6.07) is 7.87. The zero-order valence-corrected chi connectivity index (χ0v) is 11.2. The van der Waals surface area contributed by atoms with Gasteiger partial charge >= 0.3 is 5.97 Å². The van der Waals surface area contributed by atoms with Crippen molar-refractivity contribution in [3.63, 3.8) is 0 Å². The van der Waals surface area contributed by atoms with Gasteiger partial charge in [-0.1, -0.05) is 31.2 Å². The Hall–Kier alpha value is -1.88. The third kappa shape index (κ3) is 5.52. The van der Waals surface area contributed by atoms with Gasteiger partial charge in [0.1, 0.15) is 13.2 Å². The van der Waals surface area contributed by atoms with E-state index in [-0.39, 0.29) is 18.6 Å². The summed E-state index contributed by atoms with van der Waals surface area (Å²) in [6.07, 6.45) is 0.976. The van der Waals surface area contributed by atoms with Crippen molar-refractivity contribution < 1.29 is 19.4 Å². The molecule has 0 aromatic heterocycles. The molecule has 1 atom stereocenters. The monoisotopic (exact) mass is 265 g/mol. The average Bonchev–Trinajstić information content (AvgIpc) is 2.38. The van der Waals surface area contributed by atoms with Crippen molar-refractivity contribution in [2.45, 2.75) is 26.3 Å². The van der Waals surface area contributed by atoms with Crippen LogP contribution in [0.4, 0.5) is 0 Å². The zero-order chi connectivity index (χ0) is 14.3. The number of aryl methyl sites for hydroxylation is 1. The van der Waals surface area contributed by atoms with Crippen molar-refractivity contribution >= 4 is 11.9 Å². The number of hydrogen-bond acceptors (Lipinski definition) is 3. The second-order valence-electron chi connectivity index (χ2n) is 4.27. The molecule has 1 amide bonds. The molecule has 5 heteroatoms. The van der Waals surface area contributed by atoms with E-state index >= 15 is 0 Å². The van der Waals surface area contributed by atoms with Crippen LogP contribution in [0.1, 0.15) is 31.0 Å². The summed E-state index contributed by atoms with van der Waals surface area (Å²) in [4.78, 5) is 21.7. The van der Waals surface area contributed by atoms with Gasteiger partial charge in [-0.25, -0.2) is 4.79 Å². The highest BCUT2D eigenvalue weighted by atomic mass is 16.5. The first-order valence-corrected chi connectivity index (χ1v) is 6.20. The van der Waals surface area contributed by atoms with Crippen LogP contribution in [0.15, 0.2) is 24.3 Å². The van der Waals surface area contributed by atoms with Gasteiger partial charge in [0.2, 0.25) is 5.91 Å². The average molecular weight is 265 g/mol. The summed E-state index contributed by atoms with van der Waals surface area (Å²) in [5, 5.41) is 11.1. The van der Waals surface area contributed by atoms with Gasteiger partial charge in [-0.2, -0.15) is 0 Å². The molecule has 0 bridgehead atoms. The highest BCUT2D eigenvalue weighted by molar-refractivity contribution is 5.78. The van der Waals surface area contributed by atoms with Crippen molar-refractivity contribution in [3.8, 4) is 0 Å². The normalized spacial score (nSPS) is 11.9. The lowest BCUT2D eigenvalue weighted by Crippen LogP contribution is -2.30. The number of ether oxygens (including phenoxy) is 1. The summed E-state index contributed by atoms with van der Waals surface area (Å²) < 4.78 is 4.72. The second-order valence-corrected chi connectivity index (χ2v) is 4.27. The smallest absolute Gasteiger partial charge is 0.329 e. The molecule has 19 heavy (non-hydrogen) atoms. The minimum atomic E-state index is -1.09. The lowest BCUT2D eigenvalue weighted by atomic mass is 10.1. The Bertz CT molecular complexity index is 428. The number of rotatable bonds is 7. The Labute approximate surface area is 112 Å². The van der Waals surface area contributed by atoms with Gasteiger partial charge in [0.25, 0.3) is 0 Å². The van der Waals surface area contributed by atoms with Gasteiger partial charge in [-0.05, 0) is 24.5 Å². The van der Waals surface area contributed by atoms with Crippen LogP contribution in [-0.4, -0.2) is 30.2 Å². The fourth-order valence-electron chi connectivity index (χ4n) is 1.64. The third-order valence-corrected chi connectivity index (χ3v) is 2.72. The number of carboxylic acid groups (broad SMARTS) is 1. The van der Waals surface area contributed by atoms with Crippen molar-refractivity contribution in [3.05, 3.63) is 35.4 Å². The Balaban J connectivity index is 2.42. The molecule has 1 rings (SSSR count). The van der Waals surface area contributed by atoms with Gasteiger partial charge in [0.15, 0.2) is 0 Å². The first kappa shape index (κ1) is 15.2. The minimum absolute atomic E-state index is 0.133. The standard InChI is InChI=1S/C14H19NO4/c1-3-11-4-6-12(7-5-11)10(2)15-13(16)8-19-9-14(17)18/h4-7,10H,3,8-9H2,1-2H3,(H,15,16)(H,17,18). The summed E-state index contributed by atoms with van der Waals surface area (Å²) in [5.41, 5.74) is 2.25. The van der Waals surface area contributed by atoms with Crippen molar-refractivity contribution in [1.29, 1.82) is 0 Å². The molecule has 0 heterocycles. The van der Waals surface area contributed by atoms with E-state index in [2.05, 4.69) is 12.2 Å². The van der Waals surface area contributed by atoms with Gasteiger partial charge in [-0.15, -0.1) is 0 Å². The number of aliphatic carboxylic acids is 1. The highest BCUT2D eigenvalue weighted by Gasteiger charge is 2.10. The third-order valence-electron chi connectivity index (χ3n) is 2.72. The van der Waals surface area contributed by atoms with E-state index in [1.54, 1.807) is 0 Å². The minimum Gasteiger partial charge on any atom is -0.480 e. The number of hydrogen-bond donors (Lipinski definition) is 2. The quantitative estimate of drug-likeness (QED) is 0.784. The summed E-state index contributed by atoms with van der Waals surface area (Å²) >= 11 is 0. The number of carboxylic acids is 1. The molecule has 0 saturated heterocycles. The van der Waals surface area contributed by atoms with Crippen LogP contribution in [-0.2, 0) is 20.7 Å². The molecular formula is C14H19NO4.